The van der Waals surface area contributed by atoms with Gasteiger partial charge in [0.2, 0.25) is 0 Å². The van der Waals surface area contributed by atoms with Gasteiger partial charge in [-0.2, -0.15) is 0 Å². The second kappa shape index (κ2) is 5.30. The molecule has 1 aromatic carbocycles. The van der Waals surface area contributed by atoms with Crippen molar-refractivity contribution in [2.75, 3.05) is 5.88 Å². The van der Waals surface area contributed by atoms with Crippen LogP contribution in [0.3, 0.4) is 0 Å². The summed E-state index contributed by atoms with van der Waals surface area (Å²) >= 11 is 1.85. The Morgan fingerprint density at radius 1 is 1.38 bits per heavy atom. The van der Waals surface area contributed by atoms with Crippen LogP contribution in [0.2, 0.25) is 0 Å². The molecule has 1 rings (SSSR count). The third-order valence-electron chi connectivity index (χ3n) is 1.72. The molecule has 0 saturated carbocycles. The van der Waals surface area contributed by atoms with Gasteiger partial charge in [-0.25, -0.2) is 0 Å². The molecule has 0 aliphatic heterocycles. The van der Waals surface area contributed by atoms with E-state index in [-0.39, 0.29) is 0 Å². The minimum atomic E-state index is 0.567. The normalized spacial score (nSPS) is 10.8. The van der Waals surface area contributed by atoms with Crippen LogP contribution in [0.4, 0.5) is 0 Å². The molecule has 1 aromatic rings. The lowest BCUT2D eigenvalue weighted by molar-refractivity contribution is 0.654. The average molecular weight is 195 g/mol. The fourth-order valence-corrected chi connectivity index (χ4v) is 2.02. The van der Waals surface area contributed by atoms with Crippen LogP contribution in [0.25, 0.3) is 0 Å². The highest BCUT2D eigenvalue weighted by molar-refractivity contribution is 7.99. The number of hydrogen-bond donors (Lipinski definition) is 1. The molecule has 0 fully saturated rings. The summed E-state index contributed by atoms with van der Waals surface area (Å²) in [5, 5.41) is 3.38. The molecular formula is C11H17NS. The lowest BCUT2D eigenvalue weighted by atomic mass is 10.2. The predicted molar refractivity (Wildman–Crippen MR) is 60.2 cm³/mol. The molecule has 0 radical (unpaired) electrons. The minimum Gasteiger partial charge on any atom is -0.305 e. The fraction of sp³-hybridized carbons (Fsp3) is 0.455. The van der Waals surface area contributed by atoms with Crippen LogP contribution in [0.15, 0.2) is 29.2 Å². The van der Waals surface area contributed by atoms with Crippen molar-refractivity contribution in [1.29, 1.82) is 0 Å². The molecule has 0 atom stereocenters. The Labute approximate surface area is 84.9 Å². The average Bonchev–Trinajstić information content (AvgIpc) is 2.03. The lowest BCUT2D eigenvalue weighted by Gasteiger charge is -2.07. The SMILES string of the molecule is Cc1cccc(SCNC(C)C)c1. The van der Waals surface area contributed by atoms with Gasteiger partial charge in [-0.3, -0.25) is 0 Å². The van der Waals surface area contributed by atoms with Crippen LogP contribution < -0.4 is 5.32 Å². The van der Waals surface area contributed by atoms with E-state index in [1.807, 2.05) is 11.8 Å². The Balaban J connectivity index is 2.37. The lowest BCUT2D eigenvalue weighted by Crippen LogP contribution is -2.21. The van der Waals surface area contributed by atoms with Crippen molar-refractivity contribution in [2.45, 2.75) is 31.7 Å². The van der Waals surface area contributed by atoms with Crippen LogP contribution in [0.5, 0.6) is 0 Å². The van der Waals surface area contributed by atoms with E-state index in [9.17, 15) is 0 Å². The molecule has 0 amide bonds. The summed E-state index contributed by atoms with van der Waals surface area (Å²) in [6.07, 6.45) is 0. The summed E-state index contributed by atoms with van der Waals surface area (Å²) < 4.78 is 0. The minimum absolute atomic E-state index is 0.567. The Kier molecular flexibility index (Phi) is 4.33. The molecule has 13 heavy (non-hydrogen) atoms. The van der Waals surface area contributed by atoms with Gasteiger partial charge in [-0.05, 0) is 19.1 Å². The van der Waals surface area contributed by atoms with Crippen molar-refractivity contribution in [2.24, 2.45) is 0 Å². The second-order valence-electron chi connectivity index (χ2n) is 3.46. The van der Waals surface area contributed by atoms with Gasteiger partial charge in [0.05, 0.1) is 0 Å². The molecule has 0 aromatic heterocycles. The van der Waals surface area contributed by atoms with E-state index in [2.05, 4.69) is 50.4 Å². The van der Waals surface area contributed by atoms with E-state index >= 15 is 0 Å². The number of benzene rings is 1. The van der Waals surface area contributed by atoms with Gasteiger partial charge >= 0.3 is 0 Å². The van der Waals surface area contributed by atoms with Crippen LogP contribution >= 0.6 is 11.8 Å². The highest BCUT2D eigenvalue weighted by Crippen LogP contribution is 2.17. The summed E-state index contributed by atoms with van der Waals surface area (Å²) in [5.41, 5.74) is 1.33. The van der Waals surface area contributed by atoms with Crippen molar-refractivity contribution < 1.29 is 0 Å². The summed E-state index contributed by atoms with van der Waals surface area (Å²) in [6.45, 7) is 6.45. The van der Waals surface area contributed by atoms with Crippen LogP contribution in [-0.4, -0.2) is 11.9 Å². The largest absolute Gasteiger partial charge is 0.305 e. The van der Waals surface area contributed by atoms with E-state index in [0.29, 0.717) is 6.04 Å². The number of aryl methyl sites for hydroxylation is 1. The van der Waals surface area contributed by atoms with Crippen molar-refractivity contribution in [3.05, 3.63) is 29.8 Å². The van der Waals surface area contributed by atoms with E-state index < -0.39 is 0 Å². The Morgan fingerprint density at radius 3 is 2.77 bits per heavy atom. The quantitative estimate of drug-likeness (QED) is 0.585. The van der Waals surface area contributed by atoms with Gasteiger partial charge in [-0.15, -0.1) is 11.8 Å². The van der Waals surface area contributed by atoms with Crippen LogP contribution in [0, 0.1) is 6.92 Å². The van der Waals surface area contributed by atoms with Crippen LogP contribution in [-0.2, 0) is 0 Å². The summed E-state index contributed by atoms with van der Waals surface area (Å²) in [4.78, 5) is 1.34. The highest BCUT2D eigenvalue weighted by atomic mass is 32.2. The van der Waals surface area contributed by atoms with E-state index in [1.165, 1.54) is 10.5 Å². The molecule has 0 aliphatic rings. The van der Waals surface area contributed by atoms with Crippen LogP contribution in [0.1, 0.15) is 19.4 Å². The van der Waals surface area contributed by atoms with E-state index in [1.54, 1.807) is 0 Å². The third kappa shape index (κ3) is 4.34. The molecule has 0 saturated heterocycles. The van der Waals surface area contributed by atoms with Gasteiger partial charge in [0.15, 0.2) is 0 Å². The highest BCUT2D eigenvalue weighted by Gasteiger charge is 1.95. The first-order valence-corrected chi connectivity index (χ1v) is 5.60. The maximum Gasteiger partial charge on any atom is 0.0467 e. The third-order valence-corrected chi connectivity index (χ3v) is 2.62. The van der Waals surface area contributed by atoms with Crippen molar-refractivity contribution in [3.63, 3.8) is 0 Å². The summed E-state index contributed by atoms with van der Waals surface area (Å²) in [7, 11) is 0. The topological polar surface area (TPSA) is 12.0 Å². The number of hydrogen-bond acceptors (Lipinski definition) is 2. The molecule has 0 spiro atoms. The zero-order chi connectivity index (χ0) is 9.68. The molecular weight excluding hydrogens is 178 g/mol. The zero-order valence-corrected chi connectivity index (χ0v) is 9.32. The molecule has 0 aliphatic carbocycles. The zero-order valence-electron chi connectivity index (χ0n) is 8.50. The fourth-order valence-electron chi connectivity index (χ4n) is 0.997. The standard InChI is InChI=1S/C11H17NS/c1-9(2)12-8-13-11-6-4-5-10(3)7-11/h4-7,9,12H,8H2,1-3H3. The predicted octanol–water partition coefficient (Wildman–Crippen LogP) is 3.04. The van der Waals surface area contributed by atoms with Gasteiger partial charge < -0.3 is 5.32 Å². The van der Waals surface area contributed by atoms with E-state index in [4.69, 9.17) is 0 Å². The van der Waals surface area contributed by atoms with Gasteiger partial charge in [0, 0.05) is 16.8 Å². The molecule has 1 N–H and O–H groups in total. The van der Waals surface area contributed by atoms with Gasteiger partial charge in [-0.1, -0.05) is 31.5 Å². The summed E-state index contributed by atoms with van der Waals surface area (Å²) in [6, 6.07) is 9.16. The molecule has 72 valence electrons. The molecule has 0 heterocycles. The maximum atomic E-state index is 3.38. The first kappa shape index (κ1) is 10.6. The molecule has 1 nitrogen and oxygen atoms in total. The summed E-state index contributed by atoms with van der Waals surface area (Å²) in [5.74, 6) is 0.987. The monoisotopic (exact) mass is 195 g/mol. The first-order valence-electron chi connectivity index (χ1n) is 4.61. The van der Waals surface area contributed by atoms with Crippen molar-refractivity contribution in [1.82, 2.24) is 5.32 Å². The smallest absolute Gasteiger partial charge is 0.0467 e. The first-order chi connectivity index (χ1) is 6.18. The van der Waals surface area contributed by atoms with Gasteiger partial charge in [0.1, 0.15) is 0 Å². The second-order valence-corrected chi connectivity index (χ2v) is 4.51. The molecule has 0 unspecified atom stereocenters. The molecule has 0 bridgehead atoms. The van der Waals surface area contributed by atoms with Gasteiger partial charge in [0.25, 0.3) is 0 Å². The Morgan fingerprint density at radius 2 is 2.15 bits per heavy atom. The number of rotatable bonds is 4. The number of thioether (sulfide) groups is 1. The van der Waals surface area contributed by atoms with Crippen molar-refractivity contribution >= 4 is 11.8 Å². The Bertz CT molecular complexity index is 258. The maximum absolute atomic E-state index is 3.38. The Hall–Kier alpha value is -0.470. The van der Waals surface area contributed by atoms with Crippen molar-refractivity contribution in [3.8, 4) is 0 Å². The molecule has 2 heteroatoms. The van der Waals surface area contributed by atoms with E-state index in [0.717, 1.165) is 5.88 Å². The number of nitrogens with one attached hydrogen (secondary N) is 1.